The summed E-state index contributed by atoms with van der Waals surface area (Å²) >= 11 is 0. The summed E-state index contributed by atoms with van der Waals surface area (Å²) in [6.45, 7) is 1.23. The summed E-state index contributed by atoms with van der Waals surface area (Å²) in [6.07, 6.45) is 1.58. The van der Waals surface area contributed by atoms with Crippen molar-refractivity contribution < 1.29 is 24.2 Å². The van der Waals surface area contributed by atoms with Gasteiger partial charge >= 0.3 is 5.97 Å². The van der Waals surface area contributed by atoms with Gasteiger partial charge < -0.3 is 20.1 Å². The second-order valence-electron chi connectivity index (χ2n) is 4.79. The monoisotopic (exact) mass is 270 g/mol. The van der Waals surface area contributed by atoms with E-state index in [2.05, 4.69) is 5.32 Å². The third-order valence-corrected chi connectivity index (χ3v) is 3.44. The Labute approximate surface area is 110 Å². The van der Waals surface area contributed by atoms with Crippen LogP contribution in [0.3, 0.4) is 0 Å². The summed E-state index contributed by atoms with van der Waals surface area (Å²) in [5.74, 6) is -1.76. The maximum absolute atomic E-state index is 12.3. The maximum atomic E-state index is 12.3. The Morgan fingerprint density at radius 2 is 2.21 bits per heavy atom. The largest absolute Gasteiger partial charge is 0.481 e. The van der Waals surface area contributed by atoms with Crippen LogP contribution in [0.5, 0.6) is 0 Å². The molecular formula is C12H18N2O5. The van der Waals surface area contributed by atoms with Gasteiger partial charge in [0.2, 0.25) is 5.91 Å². The minimum absolute atomic E-state index is 0.263. The lowest BCUT2D eigenvalue weighted by Gasteiger charge is -2.37. The fourth-order valence-electron chi connectivity index (χ4n) is 2.47. The first-order chi connectivity index (χ1) is 9.09. The highest BCUT2D eigenvalue weighted by atomic mass is 16.5. The van der Waals surface area contributed by atoms with Crippen LogP contribution in [0, 0.1) is 0 Å². The van der Waals surface area contributed by atoms with Gasteiger partial charge in [0.05, 0.1) is 6.42 Å². The first-order valence-corrected chi connectivity index (χ1v) is 6.51. The molecule has 7 nitrogen and oxygen atoms in total. The molecule has 2 atom stereocenters. The first kappa shape index (κ1) is 13.8. The fraction of sp³-hybridized carbons (Fsp3) is 0.750. The molecule has 106 valence electrons. The molecule has 0 bridgehead atoms. The second-order valence-corrected chi connectivity index (χ2v) is 4.79. The quantitative estimate of drug-likeness (QED) is 0.711. The summed E-state index contributed by atoms with van der Waals surface area (Å²) in [6, 6.07) is -0.927. The van der Waals surface area contributed by atoms with Crippen molar-refractivity contribution in [2.45, 2.75) is 37.8 Å². The molecule has 0 aromatic heterocycles. The number of ether oxygens (including phenoxy) is 1. The Morgan fingerprint density at radius 3 is 2.84 bits per heavy atom. The van der Waals surface area contributed by atoms with Crippen molar-refractivity contribution in [3.05, 3.63) is 0 Å². The molecule has 0 aromatic carbocycles. The van der Waals surface area contributed by atoms with Gasteiger partial charge in [-0.3, -0.25) is 14.4 Å². The molecule has 0 aliphatic carbocycles. The number of rotatable bonds is 3. The van der Waals surface area contributed by atoms with Crippen molar-refractivity contribution in [3.63, 3.8) is 0 Å². The van der Waals surface area contributed by atoms with Gasteiger partial charge in [-0.2, -0.15) is 0 Å². The van der Waals surface area contributed by atoms with E-state index in [0.29, 0.717) is 26.1 Å². The third kappa shape index (κ3) is 3.23. The number of hydrogen-bond donors (Lipinski definition) is 2. The van der Waals surface area contributed by atoms with E-state index in [4.69, 9.17) is 9.84 Å². The molecule has 2 heterocycles. The smallest absolute Gasteiger partial charge is 0.305 e. The highest BCUT2D eigenvalue weighted by Gasteiger charge is 2.38. The number of carbonyl (C=O) groups is 3. The summed E-state index contributed by atoms with van der Waals surface area (Å²) in [5.41, 5.74) is 0. The van der Waals surface area contributed by atoms with E-state index in [1.54, 1.807) is 0 Å². The summed E-state index contributed by atoms with van der Waals surface area (Å²) < 4.78 is 5.41. The zero-order valence-electron chi connectivity index (χ0n) is 10.6. The zero-order valence-corrected chi connectivity index (χ0v) is 10.6. The molecule has 2 N–H and O–H groups in total. The molecule has 2 aliphatic rings. The molecule has 0 spiro atoms. The normalized spacial score (nSPS) is 27.8. The molecule has 7 heteroatoms. The van der Waals surface area contributed by atoms with Crippen LogP contribution in [-0.2, 0) is 19.1 Å². The molecule has 0 aromatic rings. The number of nitrogens with one attached hydrogen (secondary N) is 1. The number of piperazine rings is 1. The van der Waals surface area contributed by atoms with Gasteiger partial charge in [-0.1, -0.05) is 0 Å². The molecule has 2 amide bonds. The van der Waals surface area contributed by atoms with Crippen LogP contribution in [-0.4, -0.2) is 59.6 Å². The minimum Gasteiger partial charge on any atom is -0.481 e. The average molecular weight is 270 g/mol. The van der Waals surface area contributed by atoms with Crippen molar-refractivity contribution in [2.24, 2.45) is 0 Å². The number of amides is 2. The van der Waals surface area contributed by atoms with Crippen LogP contribution in [0.15, 0.2) is 0 Å². The molecule has 2 aliphatic heterocycles. The predicted octanol–water partition coefficient (Wildman–Crippen LogP) is -0.643. The summed E-state index contributed by atoms with van der Waals surface area (Å²) in [7, 11) is 0. The van der Waals surface area contributed by atoms with E-state index in [1.807, 2.05) is 0 Å². The summed E-state index contributed by atoms with van der Waals surface area (Å²) in [4.78, 5) is 36.2. The predicted molar refractivity (Wildman–Crippen MR) is 64.4 cm³/mol. The Balaban J connectivity index is 2.07. The van der Waals surface area contributed by atoms with Gasteiger partial charge in [0.1, 0.15) is 12.1 Å². The van der Waals surface area contributed by atoms with Gasteiger partial charge in [-0.15, -0.1) is 0 Å². The van der Waals surface area contributed by atoms with Gasteiger partial charge in [-0.05, 0) is 19.3 Å². The van der Waals surface area contributed by atoms with Crippen LogP contribution >= 0.6 is 0 Å². The van der Waals surface area contributed by atoms with E-state index in [-0.39, 0.29) is 12.3 Å². The Bertz CT molecular complexity index is 378. The van der Waals surface area contributed by atoms with Gasteiger partial charge in [0.15, 0.2) is 0 Å². The molecule has 0 radical (unpaired) electrons. The van der Waals surface area contributed by atoms with Crippen molar-refractivity contribution in [1.82, 2.24) is 10.2 Å². The Kier molecular flexibility index (Phi) is 4.36. The van der Waals surface area contributed by atoms with Crippen molar-refractivity contribution in [3.8, 4) is 0 Å². The fourth-order valence-corrected chi connectivity index (χ4v) is 2.47. The summed E-state index contributed by atoms with van der Waals surface area (Å²) in [5, 5.41) is 11.4. The maximum Gasteiger partial charge on any atom is 0.305 e. The number of carboxylic acids is 1. The van der Waals surface area contributed by atoms with E-state index in [0.717, 1.165) is 12.8 Å². The van der Waals surface area contributed by atoms with Crippen molar-refractivity contribution >= 4 is 17.8 Å². The van der Waals surface area contributed by atoms with Crippen molar-refractivity contribution in [2.75, 3.05) is 19.7 Å². The highest BCUT2D eigenvalue weighted by Crippen LogP contribution is 2.18. The topological polar surface area (TPSA) is 95.9 Å². The van der Waals surface area contributed by atoms with Crippen LogP contribution in [0.1, 0.15) is 25.7 Å². The molecule has 2 saturated heterocycles. The van der Waals surface area contributed by atoms with Crippen molar-refractivity contribution in [1.29, 1.82) is 0 Å². The minimum atomic E-state index is -1.09. The van der Waals surface area contributed by atoms with Gasteiger partial charge in [0.25, 0.3) is 5.91 Å². The van der Waals surface area contributed by atoms with Gasteiger partial charge in [-0.25, -0.2) is 0 Å². The number of nitrogens with zero attached hydrogens (tertiary/aromatic N) is 1. The lowest BCUT2D eigenvalue weighted by molar-refractivity contribution is -0.157. The van der Waals surface area contributed by atoms with E-state index in [9.17, 15) is 14.4 Å². The number of carboxylic acid groups (broad SMARTS) is 1. The van der Waals surface area contributed by atoms with E-state index < -0.39 is 24.0 Å². The number of carbonyl (C=O) groups excluding carboxylic acids is 2. The lowest BCUT2D eigenvalue weighted by atomic mass is 10.0. The molecule has 19 heavy (non-hydrogen) atoms. The highest BCUT2D eigenvalue weighted by molar-refractivity contribution is 5.92. The second kappa shape index (κ2) is 6.01. The van der Waals surface area contributed by atoms with Crippen LogP contribution in [0.25, 0.3) is 0 Å². The SMILES string of the molecule is O=C(O)CC1C(=O)NCCN1C(=O)C1CCCCO1. The first-order valence-electron chi connectivity index (χ1n) is 6.51. The molecular weight excluding hydrogens is 252 g/mol. The molecule has 2 unspecified atom stereocenters. The third-order valence-electron chi connectivity index (χ3n) is 3.44. The van der Waals surface area contributed by atoms with Crippen LogP contribution in [0.2, 0.25) is 0 Å². The average Bonchev–Trinajstić information content (AvgIpc) is 2.41. The van der Waals surface area contributed by atoms with Gasteiger partial charge in [0, 0.05) is 19.7 Å². The standard InChI is InChI=1S/C12H18N2O5/c15-10(16)7-8-11(17)13-4-5-14(8)12(18)9-3-1-2-6-19-9/h8-9H,1-7H2,(H,13,17)(H,15,16). The van der Waals surface area contributed by atoms with Crippen LogP contribution < -0.4 is 5.32 Å². The van der Waals surface area contributed by atoms with E-state index in [1.165, 1.54) is 4.90 Å². The Hall–Kier alpha value is -1.63. The Morgan fingerprint density at radius 1 is 1.42 bits per heavy atom. The number of hydrogen-bond acceptors (Lipinski definition) is 4. The molecule has 0 saturated carbocycles. The zero-order chi connectivity index (χ0) is 13.8. The molecule has 2 fully saturated rings. The van der Waals surface area contributed by atoms with E-state index >= 15 is 0 Å². The van der Waals surface area contributed by atoms with Crippen LogP contribution in [0.4, 0.5) is 0 Å². The molecule has 2 rings (SSSR count). The lowest BCUT2D eigenvalue weighted by Crippen LogP contribution is -2.60. The number of aliphatic carboxylic acids is 1.